The van der Waals surface area contributed by atoms with E-state index in [0.29, 0.717) is 0 Å². The Bertz CT molecular complexity index is 671. The summed E-state index contributed by atoms with van der Waals surface area (Å²) in [7, 11) is 0. The number of hydrogen-bond acceptors (Lipinski definition) is 3. The molecule has 0 aliphatic carbocycles. The predicted octanol–water partition coefficient (Wildman–Crippen LogP) is 3.93. The van der Waals surface area contributed by atoms with Crippen molar-refractivity contribution in [1.29, 1.82) is 0 Å². The minimum Gasteiger partial charge on any atom is -0.490 e. The molecular formula is C15H16N2OS. The summed E-state index contributed by atoms with van der Waals surface area (Å²) in [4.78, 5) is 4.34. The molecule has 0 aliphatic heterocycles. The smallest absolute Gasteiger partial charge is 0.129 e. The van der Waals surface area contributed by atoms with Crippen LogP contribution in [0.5, 0.6) is 5.75 Å². The van der Waals surface area contributed by atoms with Gasteiger partial charge in [-0.05, 0) is 32.0 Å². The molecule has 0 unspecified atom stereocenters. The van der Waals surface area contributed by atoms with Crippen LogP contribution in [-0.4, -0.2) is 15.7 Å². The van der Waals surface area contributed by atoms with E-state index in [0.717, 1.165) is 23.4 Å². The second-order valence-corrected chi connectivity index (χ2v) is 5.50. The fourth-order valence-electron chi connectivity index (χ4n) is 2.18. The Morgan fingerprint density at radius 1 is 1.32 bits per heavy atom. The average molecular weight is 272 g/mol. The molecule has 1 aromatic carbocycles. The van der Waals surface area contributed by atoms with Crippen molar-refractivity contribution in [2.24, 2.45) is 0 Å². The third-order valence-corrected chi connectivity index (χ3v) is 3.59. The van der Waals surface area contributed by atoms with Crippen molar-refractivity contribution in [1.82, 2.24) is 9.55 Å². The predicted molar refractivity (Wildman–Crippen MR) is 78.9 cm³/mol. The molecule has 0 saturated heterocycles. The molecule has 2 aromatic heterocycles. The van der Waals surface area contributed by atoms with Crippen molar-refractivity contribution < 1.29 is 4.74 Å². The summed E-state index contributed by atoms with van der Waals surface area (Å²) in [6, 6.07) is 8.29. The normalized spacial score (nSPS) is 11.3. The maximum atomic E-state index is 5.85. The van der Waals surface area contributed by atoms with Gasteiger partial charge in [0.1, 0.15) is 5.75 Å². The van der Waals surface area contributed by atoms with Crippen molar-refractivity contribution in [2.75, 3.05) is 0 Å². The van der Waals surface area contributed by atoms with Crippen LogP contribution in [0.4, 0.5) is 0 Å². The minimum atomic E-state index is 0.187. The number of thiazole rings is 1. The SMILES string of the molecule is CC(C)Oc1cccc2c1ccn2Cc1cscn1. The molecule has 0 radical (unpaired) electrons. The first-order valence-electron chi connectivity index (χ1n) is 6.35. The first kappa shape index (κ1) is 12.2. The van der Waals surface area contributed by atoms with Crippen LogP contribution in [0.2, 0.25) is 0 Å². The van der Waals surface area contributed by atoms with Gasteiger partial charge in [0, 0.05) is 17.0 Å². The summed E-state index contributed by atoms with van der Waals surface area (Å²) in [6.45, 7) is 4.90. The second kappa shape index (κ2) is 5.05. The Labute approximate surface area is 116 Å². The molecule has 2 heterocycles. The van der Waals surface area contributed by atoms with E-state index in [1.807, 2.05) is 31.5 Å². The number of ether oxygens (including phenoxy) is 1. The molecule has 0 saturated carbocycles. The molecule has 19 heavy (non-hydrogen) atoms. The second-order valence-electron chi connectivity index (χ2n) is 4.78. The lowest BCUT2D eigenvalue weighted by atomic mass is 10.2. The van der Waals surface area contributed by atoms with E-state index in [-0.39, 0.29) is 6.10 Å². The van der Waals surface area contributed by atoms with Gasteiger partial charge < -0.3 is 9.30 Å². The monoisotopic (exact) mass is 272 g/mol. The van der Waals surface area contributed by atoms with Gasteiger partial charge in [-0.3, -0.25) is 0 Å². The Hall–Kier alpha value is -1.81. The number of hydrogen-bond donors (Lipinski definition) is 0. The molecule has 0 bridgehead atoms. The topological polar surface area (TPSA) is 27.1 Å². The van der Waals surface area contributed by atoms with E-state index in [2.05, 4.69) is 33.3 Å². The fourth-order valence-corrected chi connectivity index (χ4v) is 2.73. The van der Waals surface area contributed by atoms with Gasteiger partial charge in [0.25, 0.3) is 0 Å². The summed E-state index contributed by atoms with van der Waals surface area (Å²) in [5.41, 5.74) is 4.15. The quantitative estimate of drug-likeness (QED) is 0.719. The highest BCUT2D eigenvalue weighted by Gasteiger charge is 2.08. The van der Waals surface area contributed by atoms with Crippen molar-refractivity contribution in [3.63, 3.8) is 0 Å². The lowest BCUT2D eigenvalue weighted by molar-refractivity contribution is 0.245. The van der Waals surface area contributed by atoms with Crippen LogP contribution < -0.4 is 4.74 Å². The van der Waals surface area contributed by atoms with Crippen LogP contribution in [0.15, 0.2) is 41.4 Å². The molecular weight excluding hydrogens is 256 g/mol. The van der Waals surface area contributed by atoms with Crippen LogP contribution >= 0.6 is 11.3 Å². The Morgan fingerprint density at radius 2 is 2.21 bits per heavy atom. The maximum Gasteiger partial charge on any atom is 0.129 e. The Kier molecular flexibility index (Phi) is 3.25. The summed E-state index contributed by atoms with van der Waals surface area (Å²) >= 11 is 1.63. The third-order valence-electron chi connectivity index (χ3n) is 2.95. The molecule has 0 spiro atoms. The Balaban J connectivity index is 1.99. The Morgan fingerprint density at radius 3 is 2.95 bits per heavy atom. The molecule has 98 valence electrons. The average Bonchev–Trinajstić information content (AvgIpc) is 3.00. The van der Waals surface area contributed by atoms with E-state index in [1.54, 1.807) is 11.3 Å². The molecule has 3 aromatic rings. The van der Waals surface area contributed by atoms with E-state index < -0.39 is 0 Å². The number of benzene rings is 1. The zero-order valence-electron chi connectivity index (χ0n) is 11.0. The van der Waals surface area contributed by atoms with Crippen molar-refractivity contribution >= 4 is 22.2 Å². The van der Waals surface area contributed by atoms with E-state index in [4.69, 9.17) is 4.74 Å². The van der Waals surface area contributed by atoms with Gasteiger partial charge in [0.2, 0.25) is 0 Å². The molecule has 0 amide bonds. The highest BCUT2D eigenvalue weighted by molar-refractivity contribution is 7.07. The van der Waals surface area contributed by atoms with Crippen LogP contribution in [0.25, 0.3) is 10.9 Å². The standard InChI is InChI=1S/C15H16N2OS/c1-11(2)18-15-5-3-4-14-13(15)6-7-17(14)8-12-9-19-10-16-12/h3-7,9-11H,8H2,1-2H3. The summed E-state index contributed by atoms with van der Waals surface area (Å²) in [6.07, 6.45) is 2.28. The van der Waals surface area contributed by atoms with E-state index >= 15 is 0 Å². The van der Waals surface area contributed by atoms with Crippen LogP contribution in [0, 0.1) is 0 Å². The summed E-state index contributed by atoms with van der Waals surface area (Å²) < 4.78 is 8.06. The van der Waals surface area contributed by atoms with Crippen LogP contribution in [0.3, 0.4) is 0 Å². The van der Waals surface area contributed by atoms with Crippen LogP contribution in [-0.2, 0) is 6.54 Å². The zero-order valence-corrected chi connectivity index (χ0v) is 11.9. The van der Waals surface area contributed by atoms with E-state index in [1.165, 1.54) is 5.52 Å². The minimum absolute atomic E-state index is 0.187. The van der Waals surface area contributed by atoms with Gasteiger partial charge in [-0.15, -0.1) is 11.3 Å². The lowest BCUT2D eigenvalue weighted by Crippen LogP contribution is -2.05. The highest BCUT2D eigenvalue weighted by Crippen LogP contribution is 2.27. The molecule has 4 heteroatoms. The van der Waals surface area contributed by atoms with Gasteiger partial charge in [0.05, 0.1) is 29.4 Å². The number of rotatable bonds is 4. The lowest BCUT2D eigenvalue weighted by Gasteiger charge is -2.11. The number of nitrogens with zero attached hydrogens (tertiary/aromatic N) is 2. The third kappa shape index (κ3) is 2.49. The summed E-state index contributed by atoms with van der Waals surface area (Å²) in [5, 5.41) is 3.24. The molecule has 0 atom stereocenters. The molecule has 3 nitrogen and oxygen atoms in total. The first-order chi connectivity index (χ1) is 9.24. The molecule has 0 fully saturated rings. The van der Waals surface area contributed by atoms with E-state index in [9.17, 15) is 0 Å². The maximum absolute atomic E-state index is 5.85. The first-order valence-corrected chi connectivity index (χ1v) is 7.30. The van der Waals surface area contributed by atoms with Gasteiger partial charge in [0.15, 0.2) is 0 Å². The highest BCUT2D eigenvalue weighted by atomic mass is 32.1. The zero-order chi connectivity index (χ0) is 13.2. The van der Waals surface area contributed by atoms with Gasteiger partial charge in [-0.1, -0.05) is 6.07 Å². The fraction of sp³-hybridized carbons (Fsp3) is 0.267. The molecule has 0 aliphatic rings. The van der Waals surface area contributed by atoms with Gasteiger partial charge >= 0.3 is 0 Å². The molecule has 0 N–H and O–H groups in total. The van der Waals surface area contributed by atoms with Crippen LogP contribution in [0.1, 0.15) is 19.5 Å². The van der Waals surface area contributed by atoms with Crippen molar-refractivity contribution in [2.45, 2.75) is 26.5 Å². The summed E-state index contributed by atoms with van der Waals surface area (Å²) in [5.74, 6) is 0.949. The number of fused-ring (bicyclic) bond motifs is 1. The largest absolute Gasteiger partial charge is 0.490 e. The van der Waals surface area contributed by atoms with Gasteiger partial charge in [-0.25, -0.2) is 4.98 Å². The number of aromatic nitrogens is 2. The molecule has 3 rings (SSSR count). The van der Waals surface area contributed by atoms with Gasteiger partial charge in [-0.2, -0.15) is 0 Å². The van der Waals surface area contributed by atoms with Crippen molar-refractivity contribution in [3.8, 4) is 5.75 Å². The van der Waals surface area contributed by atoms with Crippen molar-refractivity contribution in [3.05, 3.63) is 47.0 Å².